The molecule has 0 spiro atoms. The first-order valence-corrected chi connectivity index (χ1v) is 9.82. The Morgan fingerprint density at radius 1 is 1.35 bits per heavy atom. The summed E-state index contributed by atoms with van der Waals surface area (Å²) in [5, 5.41) is 3.65. The first-order chi connectivity index (χ1) is 12.7. The van der Waals surface area contributed by atoms with Gasteiger partial charge in [0.25, 0.3) is 0 Å². The van der Waals surface area contributed by atoms with E-state index in [1.165, 1.54) is 16.9 Å². The normalized spacial score (nSPS) is 16.2. The van der Waals surface area contributed by atoms with Gasteiger partial charge in [-0.1, -0.05) is 17.4 Å². The van der Waals surface area contributed by atoms with Crippen LogP contribution in [0.4, 0.5) is 5.13 Å². The van der Waals surface area contributed by atoms with Crippen LogP contribution in [0.5, 0.6) is 0 Å². The van der Waals surface area contributed by atoms with Gasteiger partial charge in [0, 0.05) is 18.9 Å². The van der Waals surface area contributed by atoms with Crippen LogP contribution in [0, 0.1) is 12.8 Å². The highest BCUT2D eigenvalue weighted by Crippen LogP contribution is 2.26. The molecule has 3 heterocycles. The maximum atomic E-state index is 12.4. The van der Waals surface area contributed by atoms with Crippen molar-refractivity contribution in [2.75, 3.05) is 25.0 Å². The van der Waals surface area contributed by atoms with Crippen molar-refractivity contribution in [2.24, 2.45) is 5.92 Å². The molecule has 4 rings (SSSR count). The zero-order valence-corrected chi connectivity index (χ0v) is 15.7. The number of nitrogens with zero attached hydrogens (tertiary/aromatic N) is 4. The Bertz CT molecular complexity index is 881. The molecule has 2 aromatic heterocycles. The SMILES string of the molecule is Cc1ccc2nc(NC(=O)CN3CCC(Cn4ccnc4)CC3)sc2c1. The fourth-order valence-corrected chi connectivity index (χ4v) is 4.45. The fourth-order valence-electron chi connectivity index (χ4n) is 3.47. The number of amides is 1. The van der Waals surface area contributed by atoms with E-state index in [-0.39, 0.29) is 5.91 Å². The molecule has 0 radical (unpaired) electrons. The topological polar surface area (TPSA) is 63.1 Å². The number of rotatable bonds is 5. The molecule has 7 heteroatoms. The van der Waals surface area contributed by atoms with Crippen molar-refractivity contribution >= 4 is 32.6 Å². The molecule has 3 aromatic rings. The highest BCUT2D eigenvalue weighted by Gasteiger charge is 2.21. The molecule has 1 fully saturated rings. The van der Waals surface area contributed by atoms with Crippen LogP contribution in [0.3, 0.4) is 0 Å². The van der Waals surface area contributed by atoms with Crippen LogP contribution in [0.2, 0.25) is 0 Å². The van der Waals surface area contributed by atoms with E-state index in [9.17, 15) is 4.79 Å². The van der Waals surface area contributed by atoms with E-state index in [2.05, 4.69) is 37.7 Å². The number of piperidine rings is 1. The Balaban J connectivity index is 1.27. The van der Waals surface area contributed by atoms with Gasteiger partial charge in [-0.15, -0.1) is 0 Å². The number of aromatic nitrogens is 3. The second-order valence-electron chi connectivity index (χ2n) is 7.02. The quantitative estimate of drug-likeness (QED) is 0.750. The van der Waals surface area contributed by atoms with Crippen molar-refractivity contribution in [1.82, 2.24) is 19.4 Å². The zero-order valence-electron chi connectivity index (χ0n) is 14.9. The van der Waals surface area contributed by atoms with Crippen LogP contribution in [-0.4, -0.2) is 45.0 Å². The van der Waals surface area contributed by atoms with Gasteiger partial charge in [0.2, 0.25) is 5.91 Å². The average Bonchev–Trinajstić information content (AvgIpc) is 3.25. The van der Waals surface area contributed by atoms with E-state index in [1.807, 2.05) is 30.9 Å². The van der Waals surface area contributed by atoms with Gasteiger partial charge in [0.15, 0.2) is 5.13 Å². The molecule has 0 atom stereocenters. The zero-order chi connectivity index (χ0) is 17.9. The lowest BCUT2D eigenvalue weighted by Gasteiger charge is -2.31. The summed E-state index contributed by atoms with van der Waals surface area (Å²) in [6, 6.07) is 6.15. The number of carbonyl (C=O) groups is 1. The minimum atomic E-state index is 0.0221. The summed E-state index contributed by atoms with van der Waals surface area (Å²) in [4.78, 5) is 23.2. The molecule has 1 saturated heterocycles. The summed E-state index contributed by atoms with van der Waals surface area (Å²) in [6.07, 6.45) is 7.94. The van der Waals surface area contributed by atoms with Gasteiger partial charge in [-0.25, -0.2) is 9.97 Å². The molecular formula is C19H23N5OS. The number of hydrogen-bond acceptors (Lipinski definition) is 5. The standard InChI is InChI=1S/C19H23N5OS/c1-14-2-3-16-17(10-14)26-19(21-16)22-18(25)12-23-7-4-15(5-8-23)11-24-9-6-20-13-24/h2-3,6,9-10,13,15H,4-5,7-8,11-12H2,1H3,(H,21,22,25). The largest absolute Gasteiger partial charge is 0.337 e. The second kappa shape index (κ2) is 7.55. The Hall–Kier alpha value is -2.25. The maximum absolute atomic E-state index is 12.4. The molecule has 136 valence electrons. The van der Waals surface area contributed by atoms with E-state index < -0.39 is 0 Å². The summed E-state index contributed by atoms with van der Waals surface area (Å²) in [5.41, 5.74) is 2.15. The van der Waals surface area contributed by atoms with E-state index in [1.54, 1.807) is 0 Å². The minimum absolute atomic E-state index is 0.0221. The van der Waals surface area contributed by atoms with E-state index in [0.29, 0.717) is 17.6 Å². The second-order valence-corrected chi connectivity index (χ2v) is 8.05. The molecule has 6 nitrogen and oxygen atoms in total. The van der Waals surface area contributed by atoms with Crippen LogP contribution < -0.4 is 5.32 Å². The van der Waals surface area contributed by atoms with Crippen LogP contribution in [0.25, 0.3) is 10.2 Å². The van der Waals surface area contributed by atoms with Gasteiger partial charge in [0.05, 0.1) is 23.1 Å². The fraction of sp³-hybridized carbons (Fsp3) is 0.421. The molecule has 1 aliphatic heterocycles. The Morgan fingerprint density at radius 2 is 2.19 bits per heavy atom. The lowest BCUT2D eigenvalue weighted by atomic mass is 9.97. The summed E-state index contributed by atoms with van der Waals surface area (Å²) < 4.78 is 3.25. The Labute approximate surface area is 156 Å². The summed E-state index contributed by atoms with van der Waals surface area (Å²) in [6.45, 7) is 5.45. The average molecular weight is 369 g/mol. The van der Waals surface area contributed by atoms with Gasteiger partial charge in [-0.3, -0.25) is 9.69 Å². The molecule has 0 aliphatic carbocycles. The predicted molar refractivity (Wildman–Crippen MR) is 104 cm³/mol. The molecule has 1 amide bonds. The molecular weight excluding hydrogens is 346 g/mol. The molecule has 1 aromatic carbocycles. The summed E-state index contributed by atoms with van der Waals surface area (Å²) in [7, 11) is 0. The molecule has 1 N–H and O–H groups in total. The van der Waals surface area contributed by atoms with E-state index in [4.69, 9.17) is 0 Å². The van der Waals surface area contributed by atoms with Gasteiger partial charge in [-0.05, 0) is 56.5 Å². The summed E-state index contributed by atoms with van der Waals surface area (Å²) >= 11 is 1.53. The number of nitrogens with one attached hydrogen (secondary N) is 1. The van der Waals surface area contributed by atoms with Crippen molar-refractivity contribution in [2.45, 2.75) is 26.3 Å². The van der Waals surface area contributed by atoms with Crippen LogP contribution >= 0.6 is 11.3 Å². The third-order valence-electron chi connectivity index (χ3n) is 4.89. The molecule has 0 unspecified atom stereocenters. The van der Waals surface area contributed by atoms with Crippen LogP contribution in [0.1, 0.15) is 18.4 Å². The summed E-state index contributed by atoms with van der Waals surface area (Å²) in [5.74, 6) is 0.685. The number of fused-ring (bicyclic) bond motifs is 1. The number of likely N-dealkylation sites (tertiary alicyclic amines) is 1. The Kier molecular flexibility index (Phi) is 4.99. The van der Waals surface area contributed by atoms with Crippen molar-refractivity contribution < 1.29 is 4.79 Å². The van der Waals surface area contributed by atoms with E-state index >= 15 is 0 Å². The lowest BCUT2D eigenvalue weighted by Crippen LogP contribution is -2.39. The highest BCUT2D eigenvalue weighted by molar-refractivity contribution is 7.22. The molecule has 26 heavy (non-hydrogen) atoms. The number of imidazole rings is 1. The molecule has 1 aliphatic rings. The molecule has 0 bridgehead atoms. The first kappa shape index (κ1) is 17.2. The maximum Gasteiger partial charge on any atom is 0.240 e. The number of carbonyl (C=O) groups excluding carboxylic acids is 1. The number of thiazole rings is 1. The van der Waals surface area contributed by atoms with Crippen molar-refractivity contribution in [3.05, 3.63) is 42.5 Å². The first-order valence-electron chi connectivity index (χ1n) is 9.01. The van der Waals surface area contributed by atoms with Gasteiger partial charge in [0.1, 0.15) is 0 Å². The van der Waals surface area contributed by atoms with Gasteiger partial charge in [-0.2, -0.15) is 0 Å². The van der Waals surface area contributed by atoms with E-state index in [0.717, 1.165) is 42.7 Å². The highest BCUT2D eigenvalue weighted by atomic mass is 32.1. The number of benzene rings is 1. The van der Waals surface area contributed by atoms with Crippen LogP contribution in [0.15, 0.2) is 36.9 Å². The van der Waals surface area contributed by atoms with Crippen molar-refractivity contribution in [3.63, 3.8) is 0 Å². The van der Waals surface area contributed by atoms with Crippen molar-refractivity contribution in [3.8, 4) is 0 Å². The number of aryl methyl sites for hydroxylation is 1. The van der Waals surface area contributed by atoms with Crippen LogP contribution in [-0.2, 0) is 11.3 Å². The minimum Gasteiger partial charge on any atom is -0.337 e. The predicted octanol–water partition coefficient (Wildman–Crippen LogP) is 3.15. The van der Waals surface area contributed by atoms with Gasteiger partial charge >= 0.3 is 0 Å². The van der Waals surface area contributed by atoms with Gasteiger partial charge < -0.3 is 9.88 Å². The molecule has 0 saturated carbocycles. The third kappa shape index (κ3) is 4.11. The van der Waals surface area contributed by atoms with Crippen molar-refractivity contribution in [1.29, 1.82) is 0 Å². The monoisotopic (exact) mass is 369 g/mol. The Morgan fingerprint density at radius 3 is 2.96 bits per heavy atom. The number of hydrogen-bond donors (Lipinski definition) is 1. The lowest BCUT2D eigenvalue weighted by molar-refractivity contribution is -0.117. The third-order valence-corrected chi connectivity index (χ3v) is 5.83. The smallest absolute Gasteiger partial charge is 0.240 e. The number of anilines is 1.